The van der Waals surface area contributed by atoms with Gasteiger partial charge in [0.2, 0.25) is 10.0 Å². The molecule has 3 saturated heterocycles. The van der Waals surface area contributed by atoms with Crippen LogP contribution in [0.3, 0.4) is 0 Å². The molecule has 0 spiro atoms. The molecule has 3 aliphatic rings. The van der Waals surface area contributed by atoms with Crippen molar-refractivity contribution in [2.75, 3.05) is 25.4 Å². The molecule has 0 aromatic heterocycles. The topological polar surface area (TPSA) is 90.0 Å². The summed E-state index contributed by atoms with van der Waals surface area (Å²) in [5, 5.41) is 11.4. The van der Waals surface area contributed by atoms with E-state index in [1.807, 2.05) is 4.90 Å². The molecule has 0 aliphatic carbocycles. The minimum atomic E-state index is -4.13. The number of likely N-dealkylation sites (tertiary alicyclic amines) is 1. The van der Waals surface area contributed by atoms with Crippen LogP contribution in [0.4, 0.5) is 18.0 Å². The van der Waals surface area contributed by atoms with E-state index < -0.39 is 28.7 Å². The van der Waals surface area contributed by atoms with Gasteiger partial charge in [-0.25, -0.2) is 13.2 Å². The quantitative estimate of drug-likeness (QED) is 0.634. The fourth-order valence-electron chi connectivity index (χ4n) is 5.14. The molecule has 29 heavy (non-hydrogen) atoms. The number of carboxylic acid groups (broad SMARTS) is 1. The number of alkyl halides is 3. The van der Waals surface area contributed by atoms with Crippen LogP contribution in [0.15, 0.2) is 0 Å². The van der Waals surface area contributed by atoms with Crippen molar-refractivity contribution in [3.05, 3.63) is 0 Å². The summed E-state index contributed by atoms with van der Waals surface area (Å²) < 4.78 is 64.5. The van der Waals surface area contributed by atoms with Crippen molar-refractivity contribution in [2.45, 2.75) is 75.7 Å². The first kappa shape index (κ1) is 22.6. The lowest BCUT2D eigenvalue weighted by Crippen LogP contribution is -2.53. The number of nitrogens with zero attached hydrogens (tertiary/aromatic N) is 2. The van der Waals surface area contributed by atoms with Crippen molar-refractivity contribution in [1.82, 2.24) is 14.5 Å². The van der Waals surface area contributed by atoms with E-state index in [1.54, 1.807) is 4.31 Å². The van der Waals surface area contributed by atoms with Crippen molar-refractivity contribution in [3.63, 3.8) is 0 Å². The van der Waals surface area contributed by atoms with Crippen molar-refractivity contribution < 1.29 is 31.5 Å². The van der Waals surface area contributed by atoms with Gasteiger partial charge in [-0.05, 0) is 70.5 Å². The monoisotopic (exact) mass is 441 g/mol. The fraction of sp³-hybridized carbons (Fsp3) is 0.944. The van der Waals surface area contributed by atoms with Gasteiger partial charge < -0.3 is 15.3 Å². The Labute approximate surface area is 169 Å². The molecule has 168 valence electrons. The Morgan fingerprint density at radius 2 is 1.66 bits per heavy atom. The van der Waals surface area contributed by atoms with Crippen LogP contribution in [0.1, 0.15) is 51.4 Å². The van der Waals surface area contributed by atoms with E-state index in [-0.39, 0.29) is 36.2 Å². The maximum Gasteiger partial charge on any atom is 0.404 e. The van der Waals surface area contributed by atoms with Crippen molar-refractivity contribution in [3.8, 4) is 0 Å². The van der Waals surface area contributed by atoms with Gasteiger partial charge in [0.15, 0.2) is 0 Å². The standard InChI is InChI=1S/C18H30F3N3O4S/c19-18(20,21)6-1-7-23-8-4-13(5-9-23)12-29(27,28)24-15-2-3-16(24)11-14(10-15)22-17(25)26/h13-16,22H,1-12H2,(H,25,26)/t14?,15-,16+. The molecule has 3 atom stereocenters. The number of rotatable bonds is 7. The van der Waals surface area contributed by atoms with E-state index in [0.29, 0.717) is 45.3 Å². The van der Waals surface area contributed by atoms with Gasteiger partial charge in [-0.15, -0.1) is 0 Å². The Morgan fingerprint density at radius 3 is 2.17 bits per heavy atom. The number of halogens is 3. The average Bonchev–Trinajstić information content (AvgIpc) is 2.87. The highest BCUT2D eigenvalue weighted by atomic mass is 32.2. The lowest BCUT2D eigenvalue weighted by atomic mass is 9.99. The largest absolute Gasteiger partial charge is 0.465 e. The lowest BCUT2D eigenvalue weighted by molar-refractivity contribution is -0.136. The zero-order valence-electron chi connectivity index (χ0n) is 16.4. The summed E-state index contributed by atoms with van der Waals surface area (Å²) in [5.74, 6) is 0.0982. The predicted octanol–water partition coefficient (Wildman–Crippen LogP) is 2.63. The summed E-state index contributed by atoms with van der Waals surface area (Å²) in [5.41, 5.74) is 0. The Hall–Kier alpha value is -1.07. The molecule has 3 fully saturated rings. The van der Waals surface area contributed by atoms with Crippen LogP contribution in [0.5, 0.6) is 0 Å². The second-order valence-electron chi connectivity index (χ2n) is 8.62. The zero-order valence-corrected chi connectivity index (χ0v) is 17.2. The summed E-state index contributed by atoms with van der Waals surface area (Å²) in [6, 6.07) is -0.479. The number of fused-ring (bicyclic) bond motifs is 2. The molecule has 0 radical (unpaired) electrons. The number of carbonyl (C=O) groups is 1. The van der Waals surface area contributed by atoms with Gasteiger partial charge in [-0.2, -0.15) is 17.5 Å². The van der Waals surface area contributed by atoms with Gasteiger partial charge in [0.1, 0.15) is 0 Å². The van der Waals surface area contributed by atoms with Crippen LogP contribution in [-0.4, -0.2) is 78.5 Å². The van der Waals surface area contributed by atoms with Gasteiger partial charge in [-0.3, -0.25) is 0 Å². The Kier molecular flexibility index (Phi) is 6.99. The number of piperidine rings is 2. The van der Waals surface area contributed by atoms with Crippen LogP contribution >= 0.6 is 0 Å². The summed E-state index contributed by atoms with van der Waals surface area (Å²) in [7, 11) is -3.43. The van der Waals surface area contributed by atoms with Crippen LogP contribution < -0.4 is 5.32 Å². The molecule has 11 heteroatoms. The number of hydrogen-bond acceptors (Lipinski definition) is 4. The summed E-state index contributed by atoms with van der Waals surface area (Å²) in [4.78, 5) is 12.9. The molecule has 0 aromatic carbocycles. The first-order valence-electron chi connectivity index (χ1n) is 10.3. The van der Waals surface area contributed by atoms with Crippen LogP contribution in [0.2, 0.25) is 0 Å². The van der Waals surface area contributed by atoms with Gasteiger partial charge in [0.05, 0.1) is 5.75 Å². The zero-order chi connectivity index (χ0) is 21.2. The number of amides is 1. The van der Waals surface area contributed by atoms with E-state index in [0.717, 1.165) is 12.8 Å². The van der Waals surface area contributed by atoms with Crippen LogP contribution in [0.25, 0.3) is 0 Å². The van der Waals surface area contributed by atoms with Gasteiger partial charge >= 0.3 is 12.3 Å². The van der Waals surface area contributed by atoms with Gasteiger partial charge in [0, 0.05) is 24.5 Å². The third kappa shape index (κ3) is 6.21. The molecule has 3 aliphatic heterocycles. The first-order valence-corrected chi connectivity index (χ1v) is 11.9. The highest BCUT2D eigenvalue weighted by molar-refractivity contribution is 7.89. The number of nitrogens with one attached hydrogen (secondary N) is 1. The Balaban J connectivity index is 1.47. The highest BCUT2D eigenvalue weighted by Gasteiger charge is 2.47. The molecule has 0 aromatic rings. The normalized spacial score (nSPS) is 29.8. The molecule has 2 bridgehead atoms. The third-order valence-electron chi connectivity index (χ3n) is 6.40. The molecular formula is C18H30F3N3O4S. The molecule has 1 unspecified atom stereocenters. The fourth-order valence-corrected chi connectivity index (χ4v) is 7.54. The van der Waals surface area contributed by atoms with Crippen molar-refractivity contribution in [2.24, 2.45) is 5.92 Å². The summed E-state index contributed by atoms with van der Waals surface area (Å²) in [6.45, 7) is 1.66. The molecule has 3 heterocycles. The molecule has 3 rings (SSSR count). The SMILES string of the molecule is O=C(O)NC1C[C@H]2CC[C@@H](C1)N2S(=O)(=O)CC1CCN(CCCC(F)(F)F)CC1. The predicted molar refractivity (Wildman–Crippen MR) is 101 cm³/mol. The van der Waals surface area contributed by atoms with Crippen LogP contribution in [0, 0.1) is 5.92 Å². The summed E-state index contributed by atoms with van der Waals surface area (Å²) >= 11 is 0. The Morgan fingerprint density at radius 1 is 1.07 bits per heavy atom. The maximum absolute atomic E-state index is 13.1. The Bertz CT molecular complexity index is 666. The van der Waals surface area contributed by atoms with Crippen LogP contribution in [-0.2, 0) is 10.0 Å². The average molecular weight is 442 g/mol. The number of hydrogen-bond donors (Lipinski definition) is 2. The first-order chi connectivity index (χ1) is 13.5. The van der Waals surface area contributed by atoms with E-state index in [1.165, 1.54) is 0 Å². The molecule has 7 nitrogen and oxygen atoms in total. The molecular weight excluding hydrogens is 411 g/mol. The maximum atomic E-state index is 13.1. The van der Waals surface area contributed by atoms with E-state index in [2.05, 4.69) is 5.32 Å². The van der Waals surface area contributed by atoms with E-state index in [4.69, 9.17) is 5.11 Å². The second-order valence-corrected chi connectivity index (χ2v) is 10.5. The molecule has 0 saturated carbocycles. The molecule has 2 N–H and O–H groups in total. The van der Waals surface area contributed by atoms with Gasteiger partial charge in [-0.1, -0.05) is 0 Å². The van der Waals surface area contributed by atoms with Crippen molar-refractivity contribution in [1.29, 1.82) is 0 Å². The smallest absolute Gasteiger partial charge is 0.404 e. The summed E-state index contributed by atoms with van der Waals surface area (Å²) in [6.07, 6.45) is -1.99. The molecule has 1 amide bonds. The minimum Gasteiger partial charge on any atom is -0.465 e. The highest BCUT2D eigenvalue weighted by Crippen LogP contribution is 2.39. The van der Waals surface area contributed by atoms with E-state index in [9.17, 15) is 26.4 Å². The third-order valence-corrected chi connectivity index (χ3v) is 8.53. The minimum absolute atomic E-state index is 0.0214. The second kappa shape index (κ2) is 8.97. The van der Waals surface area contributed by atoms with E-state index >= 15 is 0 Å². The van der Waals surface area contributed by atoms with Gasteiger partial charge in [0.25, 0.3) is 0 Å². The lowest BCUT2D eigenvalue weighted by Gasteiger charge is -2.39. The van der Waals surface area contributed by atoms with Crippen molar-refractivity contribution >= 4 is 16.1 Å². The number of sulfonamides is 1.